The van der Waals surface area contributed by atoms with Crippen LogP contribution in [-0.2, 0) is 11.2 Å². The van der Waals surface area contributed by atoms with Crippen molar-refractivity contribution in [1.82, 2.24) is 0 Å². The van der Waals surface area contributed by atoms with Gasteiger partial charge < -0.3 is 4.74 Å². The molecule has 0 saturated heterocycles. The molecule has 1 heteroatoms. The summed E-state index contributed by atoms with van der Waals surface area (Å²) in [5.74, 6) is 0.825. The molecule has 0 atom stereocenters. The van der Waals surface area contributed by atoms with Crippen LogP contribution in [0.5, 0.6) is 0 Å². The van der Waals surface area contributed by atoms with Crippen molar-refractivity contribution in [1.29, 1.82) is 0 Å². The van der Waals surface area contributed by atoms with Gasteiger partial charge in [0.15, 0.2) is 0 Å². The van der Waals surface area contributed by atoms with E-state index in [2.05, 4.69) is 37.8 Å². The van der Waals surface area contributed by atoms with Crippen LogP contribution in [0.25, 0.3) is 0 Å². The molecular weight excluding hydrogens is 184 g/mol. The summed E-state index contributed by atoms with van der Waals surface area (Å²) < 4.78 is 5.68. The lowest BCUT2D eigenvalue weighted by atomic mass is 10.1. The van der Waals surface area contributed by atoms with Gasteiger partial charge in [0.1, 0.15) is 5.60 Å². The minimum absolute atomic E-state index is 0.151. The molecule has 1 rings (SSSR count). The van der Waals surface area contributed by atoms with Crippen LogP contribution in [0.3, 0.4) is 0 Å². The Kier molecular flexibility index (Phi) is 3.57. The molecule has 0 fully saturated rings. The van der Waals surface area contributed by atoms with Crippen molar-refractivity contribution >= 4 is 0 Å². The number of aryl methyl sites for hydroxylation is 1. The van der Waals surface area contributed by atoms with E-state index in [1.54, 1.807) is 0 Å². The Morgan fingerprint density at radius 2 is 1.73 bits per heavy atom. The van der Waals surface area contributed by atoms with Crippen LogP contribution in [0.2, 0.25) is 0 Å². The molecule has 15 heavy (non-hydrogen) atoms. The molecule has 1 nitrogen and oxygen atoms in total. The van der Waals surface area contributed by atoms with E-state index in [0.29, 0.717) is 0 Å². The fourth-order valence-corrected chi connectivity index (χ4v) is 1.40. The summed E-state index contributed by atoms with van der Waals surface area (Å²) in [5.41, 5.74) is 2.37. The molecule has 0 amide bonds. The Morgan fingerprint density at radius 3 is 2.20 bits per heavy atom. The molecule has 0 N–H and O–H groups in total. The van der Waals surface area contributed by atoms with E-state index < -0.39 is 0 Å². The van der Waals surface area contributed by atoms with E-state index in [0.717, 1.165) is 12.2 Å². The Labute approximate surface area is 92.8 Å². The number of ether oxygens (including phenoxy) is 1. The van der Waals surface area contributed by atoms with E-state index >= 15 is 0 Å². The number of rotatable bonds is 3. The molecular formula is C14H20O. The smallest absolute Gasteiger partial charge is 0.100 e. The first-order valence-electron chi connectivity index (χ1n) is 5.29. The molecule has 0 saturated carbocycles. The SMILES string of the molecule is C=C(Cc1ccc(C)cc1)OC(C)(C)C. The average Bonchev–Trinajstić information content (AvgIpc) is 2.05. The zero-order valence-corrected chi connectivity index (χ0v) is 10.1. The molecule has 1 aromatic carbocycles. The van der Waals surface area contributed by atoms with Crippen molar-refractivity contribution in [3.63, 3.8) is 0 Å². The van der Waals surface area contributed by atoms with Crippen LogP contribution in [0, 0.1) is 6.92 Å². The molecule has 0 bridgehead atoms. The second-order valence-corrected chi connectivity index (χ2v) is 4.92. The minimum Gasteiger partial charge on any atom is -0.493 e. The largest absolute Gasteiger partial charge is 0.493 e. The lowest BCUT2D eigenvalue weighted by Gasteiger charge is -2.22. The van der Waals surface area contributed by atoms with Crippen molar-refractivity contribution in [2.24, 2.45) is 0 Å². The molecule has 1 aromatic rings. The summed E-state index contributed by atoms with van der Waals surface area (Å²) in [7, 11) is 0. The van der Waals surface area contributed by atoms with E-state index in [4.69, 9.17) is 4.74 Å². The Balaban J connectivity index is 2.55. The third kappa shape index (κ3) is 4.68. The maximum atomic E-state index is 5.68. The van der Waals surface area contributed by atoms with Crippen LogP contribution in [0.4, 0.5) is 0 Å². The van der Waals surface area contributed by atoms with Gasteiger partial charge in [-0.3, -0.25) is 0 Å². The monoisotopic (exact) mass is 204 g/mol. The van der Waals surface area contributed by atoms with Crippen molar-refractivity contribution in [2.75, 3.05) is 0 Å². The summed E-state index contributed by atoms with van der Waals surface area (Å²) in [6.07, 6.45) is 0.789. The molecule has 0 aromatic heterocycles. The van der Waals surface area contributed by atoms with Gasteiger partial charge in [0.25, 0.3) is 0 Å². The highest BCUT2D eigenvalue weighted by molar-refractivity contribution is 5.23. The maximum absolute atomic E-state index is 5.68. The molecule has 0 radical (unpaired) electrons. The van der Waals surface area contributed by atoms with E-state index in [9.17, 15) is 0 Å². The predicted octanol–water partition coefficient (Wildman–Crippen LogP) is 3.87. The molecule has 82 valence electrons. The second kappa shape index (κ2) is 4.52. The maximum Gasteiger partial charge on any atom is 0.100 e. The summed E-state index contributed by atoms with van der Waals surface area (Å²) in [6, 6.07) is 8.46. The normalized spacial score (nSPS) is 11.2. The molecule has 0 aliphatic carbocycles. The number of hydrogen-bond acceptors (Lipinski definition) is 1. The Bertz CT molecular complexity index is 327. The highest BCUT2D eigenvalue weighted by Gasteiger charge is 2.12. The van der Waals surface area contributed by atoms with Crippen molar-refractivity contribution < 1.29 is 4.74 Å². The van der Waals surface area contributed by atoms with Crippen LogP contribution in [0.1, 0.15) is 31.9 Å². The fraction of sp³-hybridized carbons (Fsp3) is 0.429. The van der Waals surface area contributed by atoms with E-state index in [1.807, 2.05) is 20.8 Å². The van der Waals surface area contributed by atoms with Crippen LogP contribution >= 0.6 is 0 Å². The molecule has 0 aliphatic rings. The quantitative estimate of drug-likeness (QED) is 0.679. The van der Waals surface area contributed by atoms with E-state index in [1.165, 1.54) is 11.1 Å². The van der Waals surface area contributed by atoms with Crippen molar-refractivity contribution in [2.45, 2.75) is 39.7 Å². The summed E-state index contributed by atoms with van der Waals surface area (Å²) in [4.78, 5) is 0. The van der Waals surface area contributed by atoms with Gasteiger partial charge in [0, 0.05) is 6.42 Å². The third-order valence-electron chi connectivity index (χ3n) is 1.97. The standard InChI is InChI=1S/C14H20O/c1-11-6-8-13(9-7-11)10-12(2)15-14(3,4)5/h6-9H,2,10H2,1,3-5H3. The van der Waals surface area contributed by atoms with Gasteiger partial charge in [-0.15, -0.1) is 0 Å². The van der Waals surface area contributed by atoms with Gasteiger partial charge >= 0.3 is 0 Å². The van der Waals surface area contributed by atoms with Gasteiger partial charge in [0.05, 0.1) is 5.76 Å². The molecule has 0 spiro atoms. The lowest BCUT2D eigenvalue weighted by molar-refractivity contribution is 0.0500. The average molecular weight is 204 g/mol. The van der Waals surface area contributed by atoms with Gasteiger partial charge in [-0.2, -0.15) is 0 Å². The zero-order valence-electron chi connectivity index (χ0n) is 10.1. The third-order valence-corrected chi connectivity index (χ3v) is 1.97. The Morgan fingerprint density at radius 1 is 1.20 bits per heavy atom. The minimum atomic E-state index is -0.151. The first-order chi connectivity index (χ1) is 6.87. The first-order valence-corrected chi connectivity index (χ1v) is 5.29. The van der Waals surface area contributed by atoms with Crippen LogP contribution in [-0.4, -0.2) is 5.60 Å². The molecule has 0 aliphatic heterocycles. The lowest BCUT2D eigenvalue weighted by Crippen LogP contribution is -2.19. The molecule has 0 heterocycles. The summed E-state index contributed by atoms with van der Waals surface area (Å²) in [6.45, 7) is 12.1. The van der Waals surface area contributed by atoms with Crippen molar-refractivity contribution in [3.8, 4) is 0 Å². The zero-order chi connectivity index (χ0) is 11.5. The second-order valence-electron chi connectivity index (χ2n) is 4.92. The molecule has 0 unspecified atom stereocenters. The van der Waals surface area contributed by atoms with E-state index in [-0.39, 0.29) is 5.60 Å². The highest BCUT2D eigenvalue weighted by atomic mass is 16.5. The van der Waals surface area contributed by atoms with Crippen molar-refractivity contribution in [3.05, 3.63) is 47.7 Å². The van der Waals surface area contributed by atoms with Crippen LogP contribution < -0.4 is 0 Å². The van der Waals surface area contributed by atoms with Crippen LogP contribution in [0.15, 0.2) is 36.6 Å². The predicted molar refractivity (Wildman–Crippen MR) is 64.9 cm³/mol. The van der Waals surface area contributed by atoms with Gasteiger partial charge in [0.2, 0.25) is 0 Å². The number of allylic oxidation sites excluding steroid dienone is 1. The summed E-state index contributed by atoms with van der Waals surface area (Å²) in [5, 5.41) is 0. The fourth-order valence-electron chi connectivity index (χ4n) is 1.40. The van der Waals surface area contributed by atoms with Gasteiger partial charge in [-0.1, -0.05) is 36.4 Å². The summed E-state index contributed by atoms with van der Waals surface area (Å²) >= 11 is 0. The van der Waals surface area contributed by atoms with Gasteiger partial charge in [-0.25, -0.2) is 0 Å². The first kappa shape index (κ1) is 11.8. The topological polar surface area (TPSA) is 9.23 Å². The highest BCUT2D eigenvalue weighted by Crippen LogP contribution is 2.16. The Hall–Kier alpha value is -1.24. The number of hydrogen-bond donors (Lipinski definition) is 0. The van der Waals surface area contributed by atoms with Gasteiger partial charge in [-0.05, 0) is 33.3 Å². The number of benzene rings is 1.